The minimum atomic E-state index is -2.26. The summed E-state index contributed by atoms with van der Waals surface area (Å²) in [5.41, 5.74) is 0. The number of alkyl halides is 1. The van der Waals surface area contributed by atoms with Crippen LogP contribution in [0.4, 0.5) is 13.2 Å². The second-order valence-corrected chi connectivity index (χ2v) is 2.04. The van der Waals surface area contributed by atoms with Crippen LogP contribution in [0.15, 0.2) is 17.0 Å². The van der Waals surface area contributed by atoms with Gasteiger partial charge in [-0.25, -0.2) is 4.39 Å². The molecule has 0 aromatic carbocycles. The maximum absolute atomic E-state index is 12.6. The fourth-order valence-electron chi connectivity index (χ4n) is 0.618. The van der Waals surface area contributed by atoms with Gasteiger partial charge in [-0.15, -0.1) is 0 Å². The maximum atomic E-state index is 12.6. The number of hydrogen-bond acceptors (Lipinski definition) is 2. The van der Waals surface area contributed by atoms with Crippen LogP contribution in [-0.2, 0) is 0 Å². The molecule has 56 valence electrons. The van der Waals surface area contributed by atoms with Crippen molar-refractivity contribution >= 4 is 6.09 Å². The fraction of sp³-hybridized carbons (Fsp3) is 0.400. The predicted molar refractivity (Wildman–Crippen MR) is 30.4 cm³/mol. The van der Waals surface area contributed by atoms with Crippen molar-refractivity contribution in [2.45, 2.75) is 12.7 Å². The third kappa shape index (κ3) is 1.49. The second-order valence-electron chi connectivity index (χ2n) is 2.04. The zero-order valence-corrected chi connectivity index (χ0v) is 5.16. The van der Waals surface area contributed by atoms with Crippen molar-refractivity contribution in [3.8, 4) is 0 Å². The van der Waals surface area contributed by atoms with E-state index in [9.17, 15) is 13.2 Å². The topological polar surface area (TPSA) is 24.4 Å². The average molecular weight is 150 g/mol. The highest BCUT2D eigenvalue weighted by Crippen LogP contribution is 2.19. The van der Waals surface area contributed by atoms with Gasteiger partial charge in [-0.2, -0.15) is 13.8 Å². The molecule has 2 nitrogen and oxygen atoms in total. The van der Waals surface area contributed by atoms with E-state index < -0.39 is 17.8 Å². The smallest absolute Gasteiger partial charge is 0.287 e. The van der Waals surface area contributed by atoms with Crippen LogP contribution in [0.3, 0.4) is 0 Å². The predicted octanol–water partition coefficient (Wildman–Crippen LogP) is 1.41. The third-order valence-electron chi connectivity index (χ3n) is 0.929. The normalized spacial score (nSPS) is 32.4. The van der Waals surface area contributed by atoms with Crippen LogP contribution in [-0.4, -0.2) is 11.9 Å². The van der Waals surface area contributed by atoms with Gasteiger partial charge >= 0.3 is 0 Å². The maximum Gasteiger partial charge on any atom is 0.287 e. The molecule has 0 amide bonds. The first-order valence-corrected chi connectivity index (χ1v) is 2.59. The zero-order chi connectivity index (χ0) is 7.78. The number of nitrogens with one attached hydrogen (secondary N) is 1. The lowest BCUT2D eigenvalue weighted by atomic mass is 10.3. The number of rotatable bonds is 0. The van der Waals surface area contributed by atoms with Gasteiger partial charge in [0.1, 0.15) is 0 Å². The second kappa shape index (κ2) is 2.00. The van der Waals surface area contributed by atoms with Crippen LogP contribution in [0.1, 0.15) is 6.92 Å². The number of halogens is 3. The van der Waals surface area contributed by atoms with Crippen LogP contribution >= 0.6 is 0 Å². The monoisotopic (exact) mass is 150 g/mol. The highest BCUT2D eigenvalue weighted by molar-refractivity contribution is 5.75. The first-order chi connectivity index (χ1) is 4.49. The molecule has 0 fully saturated rings. The van der Waals surface area contributed by atoms with E-state index in [2.05, 4.69) is 4.99 Å². The molecular formula is C5H5F3N2. The Labute approximate surface area is 55.4 Å². The van der Waals surface area contributed by atoms with Crippen LogP contribution in [0.2, 0.25) is 0 Å². The summed E-state index contributed by atoms with van der Waals surface area (Å²) >= 11 is 0. The molecule has 1 unspecified atom stereocenters. The number of aliphatic imine (C=N–C) groups is 1. The SMILES string of the molecule is CC1(F)C=C(F)NC(F)=N1. The van der Waals surface area contributed by atoms with Gasteiger partial charge in [-0.1, -0.05) is 0 Å². The third-order valence-corrected chi connectivity index (χ3v) is 0.929. The summed E-state index contributed by atoms with van der Waals surface area (Å²) in [6.07, 6.45) is -0.694. The van der Waals surface area contributed by atoms with Crippen molar-refractivity contribution in [2.24, 2.45) is 4.99 Å². The van der Waals surface area contributed by atoms with Crippen molar-refractivity contribution < 1.29 is 13.2 Å². The summed E-state index contributed by atoms with van der Waals surface area (Å²) < 4.78 is 36.8. The van der Waals surface area contributed by atoms with Crippen molar-refractivity contribution in [1.82, 2.24) is 5.32 Å². The Morgan fingerprint density at radius 1 is 1.60 bits per heavy atom. The first kappa shape index (κ1) is 7.11. The summed E-state index contributed by atoms with van der Waals surface area (Å²) in [7, 11) is 0. The summed E-state index contributed by atoms with van der Waals surface area (Å²) in [6.45, 7) is 0.951. The molecule has 0 aromatic rings. The van der Waals surface area contributed by atoms with Gasteiger partial charge < -0.3 is 0 Å². The highest BCUT2D eigenvalue weighted by atomic mass is 19.2. The van der Waals surface area contributed by atoms with Crippen molar-refractivity contribution in [1.29, 1.82) is 0 Å². The van der Waals surface area contributed by atoms with Gasteiger partial charge in [-0.05, 0) is 6.92 Å². The number of nitrogens with zero attached hydrogens (tertiary/aromatic N) is 1. The Hall–Kier alpha value is -1.00. The molecule has 1 heterocycles. The molecule has 1 rings (SSSR count). The van der Waals surface area contributed by atoms with E-state index in [0.717, 1.165) is 6.92 Å². The lowest BCUT2D eigenvalue weighted by Crippen LogP contribution is -2.28. The minimum Gasteiger partial charge on any atom is -0.292 e. The molecule has 10 heavy (non-hydrogen) atoms. The summed E-state index contributed by atoms with van der Waals surface area (Å²) in [4.78, 5) is 2.82. The van der Waals surface area contributed by atoms with Crippen LogP contribution < -0.4 is 5.32 Å². The Morgan fingerprint density at radius 3 is 2.60 bits per heavy atom. The highest BCUT2D eigenvalue weighted by Gasteiger charge is 2.25. The van der Waals surface area contributed by atoms with Gasteiger partial charge in [0.25, 0.3) is 6.09 Å². The molecule has 0 saturated carbocycles. The lowest BCUT2D eigenvalue weighted by Gasteiger charge is -2.15. The largest absolute Gasteiger partial charge is 0.292 e. The molecule has 0 spiro atoms. The standard InChI is InChI=1S/C5H5F3N2/c1-5(8)2-3(6)9-4(7)10-5/h2H,1H3,(H,9,10). The number of hydrogen-bond donors (Lipinski definition) is 1. The van der Waals surface area contributed by atoms with Gasteiger partial charge in [0, 0.05) is 6.08 Å². The summed E-state index contributed by atoms with van der Waals surface area (Å²) in [5, 5.41) is 1.57. The zero-order valence-electron chi connectivity index (χ0n) is 5.16. The Bertz CT molecular complexity index is 187. The summed E-state index contributed by atoms with van der Waals surface area (Å²) in [6, 6.07) is 0. The molecule has 5 heteroatoms. The Morgan fingerprint density at radius 2 is 2.20 bits per heavy atom. The molecule has 0 radical (unpaired) electrons. The summed E-state index contributed by atoms with van der Waals surface area (Å²) in [5.74, 6) is -3.32. The Kier molecular flexibility index (Phi) is 1.42. The molecular weight excluding hydrogens is 145 g/mol. The van der Waals surface area contributed by atoms with Crippen LogP contribution in [0, 0.1) is 0 Å². The van der Waals surface area contributed by atoms with E-state index in [1.165, 1.54) is 0 Å². The molecule has 0 saturated heterocycles. The molecule has 1 N–H and O–H groups in total. The fourth-order valence-corrected chi connectivity index (χ4v) is 0.618. The van der Waals surface area contributed by atoms with Crippen molar-refractivity contribution in [2.75, 3.05) is 0 Å². The molecule has 0 aliphatic carbocycles. The van der Waals surface area contributed by atoms with Crippen molar-refractivity contribution in [3.05, 3.63) is 12.0 Å². The van der Waals surface area contributed by atoms with Gasteiger partial charge in [-0.3, -0.25) is 5.32 Å². The van der Waals surface area contributed by atoms with Crippen molar-refractivity contribution in [3.63, 3.8) is 0 Å². The van der Waals surface area contributed by atoms with Crippen LogP contribution in [0.5, 0.6) is 0 Å². The quantitative estimate of drug-likeness (QED) is 0.519. The first-order valence-electron chi connectivity index (χ1n) is 2.59. The molecule has 0 aromatic heterocycles. The molecule has 1 aliphatic rings. The van der Waals surface area contributed by atoms with Gasteiger partial charge in [0.15, 0.2) is 5.95 Å². The molecule has 1 aliphatic heterocycles. The van der Waals surface area contributed by atoms with Gasteiger partial charge in [0.05, 0.1) is 0 Å². The lowest BCUT2D eigenvalue weighted by molar-refractivity contribution is 0.255. The Balaban J connectivity index is 2.88. The van der Waals surface area contributed by atoms with E-state index in [-0.39, 0.29) is 0 Å². The average Bonchev–Trinajstić information content (AvgIpc) is 1.54. The van der Waals surface area contributed by atoms with E-state index in [1.54, 1.807) is 5.32 Å². The van der Waals surface area contributed by atoms with Gasteiger partial charge in [0.2, 0.25) is 5.79 Å². The molecule has 1 atom stereocenters. The van der Waals surface area contributed by atoms with E-state index in [0.29, 0.717) is 6.08 Å². The van der Waals surface area contributed by atoms with Crippen LogP contribution in [0.25, 0.3) is 0 Å². The minimum absolute atomic E-state index is 0.552. The molecule has 0 bridgehead atoms. The van der Waals surface area contributed by atoms with E-state index >= 15 is 0 Å². The van der Waals surface area contributed by atoms with E-state index in [1.807, 2.05) is 0 Å². The van der Waals surface area contributed by atoms with E-state index in [4.69, 9.17) is 0 Å². The number of amidine groups is 1.